The maximum Gasteiger partial charge on any atom is 0.407 e. The minimum absolute atomic E-state index is 0.366. The van der Waals surface area contributed by atoms with Gasteiger partial charge < -0.3 is 10.1 Å². The van der Waals surface area contributed by atoms with Crippen LogP contribution in [0.3, 0.4) is 0 Å². The summed E-state index contributed by atoms with van der Waals surface area (Å²) in [4.78, 5) is 12.7. The van der Waals surface area contributed by atoms with E-state index in [0.717, 1.165) is 6.42 Å². The summed E-state index contributed by atoms with van der Waals surface area (Å²) in [5.41, 5.74) is 0.721. The van der Waals surface area contributed by atoms with Gasteiger partial charge in [0.25, 0.3) is 0 Å². The Bertz CT molecular complexity index is 447. The Hall–Kier alpha value is -1.42. The summed E-state index contributed by atoms with van der Waals surface area (Å²) in [7, 11) is 0. The molecule has 0 saturated heterocycles. The first-order chi connectivity index (χ1) is 9.40. The Morgan fingerprint density at radius 1 is 1.30 bits per heavy atom. The van der Waals surface area contributed by atoms with E-state index in [0.29, 0.717) is 6.54 Å². The van der Waals surface area contributed by atoms with Crippen molar-refractivity contribution in [3.05, 3.63) is 35.9 Å². The predicted octanol–water partition coefficient (Wildman–Crippen LogP) is 4.34. The molecular weight excluding hydrogens is 270 g/mol. The van der Waals surface area contributed by atoms with E-state index >= 15 is 0 Å². The van der Waals surface area contributed by atoms with E-state index in [-0.39, 0.29) is 6.09 Å². The molecule has 0 unspecified atom stereocenters. The van der Waals surface area contributed by atoms with Gasteiger partial charge in [-0.2, -0.15) is 0 Å². The molecule has 0 aromatic heterocycles. The fourth-order valence-corrected chi connectivity index (χ4v) is 1.91. The fourth-order valence-electron chi connectivity index (χ4n) is 1.51. The molecule has 0 saturated carbocycles. The van der Waals surface area contributed by atoms with Gasteiger partial charge in [-0.15, -0.1) is 11.8 Å². The lowest BCUT2D eigenvalue weighted by molar-refractivity contribution is 0.0529. The van der Waals surface area contributed by atoms with Crippen molar-refractivity contribution in [2.24, 2.45) is 0 Å². The van der Waals surface area contributed by atoms with Crippen LogP contribution in [0.4, 0.5) is 4.79 Å². The summed E-state index contributed by atoms with van der Waals surface area (Å²) in [6, 6.07) is 8.37. The maximum absolute atomic E-state index is 11.4. The number of ether oxygens (including phenoxy) is 1. The third-order valence-corrected chi connectivity index (χ3v) is 3.15. The van der Waals surface area contributed by atoms with Crippen molar-refractivity contribution >= 4 is 23.9 Å². The Morgan fingerprint density at radius 2 is 1.95 bits per heavy atom. The Kier molecular flexibility index (Phi) is 6.65. The summed E-state index contributed by atoms with van der Waals surface area (Å²) in [5, 5.41) is 2.73. The van der Waals surface area contributed by atoms with Crippen LogP contribution < -0.4 is 5.32 Å². The first-order valence-electron chi connectivity index (χ1n) is 6.68. The number of nitrogens with one attached hydrogen (secondary N) is 1. The molecule has 1 N–H and O–H groups in total. The second kappa shape index (κ2) is 8.00. The number of carbonyl (C=O) groups is 1. The van der Waals surface area contributed by atoms with Crippen molar-refractivity contribution in [2.45, 2.75) is 37.7 Å². The molecule has 4 heteroatoms. The number of benzene rings is 1. The average molecular weight is 293 g/mol. The van der Waals surface area contributed by atoms with E-state index in [1.165, 1.54) is 10.5 Å². The SMILES string of the molecule is CSc1ccc(C=CCCNC(=O)OC(C)(C)C)cc1. The van der Waals surface area contributed by atoms with Crippen LogP contribution in [-0.2, 0) is 4.74 Å². The molecule has 0 aliphatic rings. The highest BCUT2D eigenvalue weighted by Crippen LogP contribution is 2.15. The van der Waals surface area contributed by atoms with Gasteiger partial charge in [0, 0.05) is 11.4 Å². The molecule has 0 spiro atoms. The highest BCUT2D eigenvalue weighted by atomic mass is 32.2. The van der Waals surface area contributed by atoms with Gasteiger partial charge in [0.2, 0.25) is 0 Å². The van der Waals surface area contributed by atoms with Gasteiger partial charge in [-0.3, -0.25) is 0 Å². The summed E-state index contributed by atoms with van der Waals surface area (Å²) in [6.07, 6.45) is 6.58. The van der Waals surface area contributed by atoms with E-state index in [1.807, 2.05) is 26.8 Å². The molecule has 1 amide bonds. The second-order valence-corrected chi connectivity index (χ2v) is 6.27. The van der Waals surface area contributed by atoms with E-state index in [9.17, 15) is 4.79 Å². The molecule has 1 aromatic rings. The van der Waals surface area contributed by atoms with Crippen LogP contribution in [0.15, 0.2) is 35.2 Å². The number of amides is 1. The summed E-state index contributed by atoms with van der Waals surface area (Å²) >= 11 is 1.73. The molecule has 0 heterocycles. The Labute approximate surface area is 125 Å². The summed E-state index contributed by atoms with van der Waals surface area (Å²) in [5.74, 6) is 0. The van der Waals surface area contributed by atoms with Gasteiger partial charge >= 0.3 is 6.09 Å². The van der Waals surface area contributed by atoms with Crippen LogP contribution in [-0.4, -0.2) is 24.5 Å². The maximum atomic E-state index is 11.4. The monoisotopic (exact) mass is 293 g/mol. The Balaban J connectivity index is 2.26. The first-order valence-corrected chi connectivity index (χ1v) is 7.90. The third kappa shape index (κ3) is 7.24. The van der Waals surface area contributed by atoms with Gasteiger partial charge in [0.15, 0.2) is 0 Å². The molecule has 0 aliphatic heterocycles. The van der Waals surface area contributed by atoms with Gasteiger partial charge in [0.05, 0.1) is 0 Å². The standard InChI is InChI=1S/C16H23NO2S/c1-16(2,3)19-15(18)17-12-6-5-7-13-8-10-14(20-4)11-9-13/h5,7-11H,6,12H2,1-4H3,(H,17,18). The fraction of sp³-hybridized carbons (Fsp3) is 0.438. The van der Waals surface area contributed by atoms with Crippen molar-refractivity contribution in [3.8, 4) is 0 Å². The van der Waals surface area contributed by atoms with Crippen LogP contribution in [0.1, 0.15) is 32.8 Å². The van der Waals surface area contributed by atoms with E-state index < -0.39 is 5.60 Å². The molecule has 0 atom stereocenters. The molecule has 1 rings (SSSR count). The largest absolute Gasteiger partial charge is 0.444 e. The minimum Gasteiger partial charge on any atom is -0.444 e. The number of thioether (sulfide) groups is 1. The zero-order chi connectivity index (χ0) is 15.0. The van der Waals surface area contributed by atoms with Gasteiger partial charge in [-0.05, 0) is 51.1 Å². The van der Waals surface area contributed by atoms with Crippen molar-refractivity contribution < 1.29 is 9.53 Å². The molecule has 3 nitrogen and oxygen atoms in total. The number of rotatable bonds is 5. The summed E-state index contributed by atoms with van der Waals surface area (Å²) < 4.78 is 5.15. The lowest BCUT2D eigenvalue weighted by Crippen LogP contribution is -2.32. The molecule has 0 radical (unpaired) electrons. The Morgan fingerprint density at radius 3 is 2.50 bits per heavy atom. The van der Waals surface area contributed by atoms with Gasteiger partial charge in [-0.1, -0.05) is 24.3 Å². The quantitative estimate of drug-likeness (QED) is 0.648. The molecule has 0 bridgehead atoms. The number of alkyl carbamates (subject to hydrolysis) is 1. The van der Waals surface area contributed by atoms with Crippen LogP contribution >= 0.6 is 11.8 Å². The highest BCUT2D eigenvalue weighted by Gasteiger charge is 2.14. The van der Waals surface area contributed by atoms with E-state index in [2.05, 4.69) is 41.9 Å². The van der Waals surface area contributed by atoms with Crippen molar-refractivity contribution in [2.75, 3.05) is 12.8 Å². The molecule has 0 fully saturated rings. The van der Waals surface area contributed by atoms with Crippen molar-refractivity contribution in [3.63, 3.8) is 0 Å². The van der Waals surface area contributed by atoms with Crippen molar-refractivity contribution in [1.82, 2.24) is 5.32 Å². The van der Waals surface area contributed by atoms with Gasteiger partial charge in [-0.25, -0.2) is 4.79 Å². The lowest BCUT2D eigenvalue weighted by atomic mass is 10.2. The molecule has 0 aliphatic carbocycles. The van der Waals surface area contributed by atoms with E-state index in [4.69, 9.17) is 4.74 Å². The highest BCUT2D eigenvalue weighted by molar-refractivity contribution is 7.98. The van der Waals surface area contributed by atoms with Gasteiger partial charge in [0.1, 0.15) is 5.60 Å². The smallest absolute Gasteiger partial charge is 0.407 e. The van der Waals surface area contributed by atoms with Crippen LogP contribution in [0, 0.1) is 0 Å². The average Bonchev–Trinajstić information content (AvgIpc) is 2.37. The first kappa shape index (κ1) is 16.6. The number of hydrogen-bond acceptors (Lipinski definition) is 3. The molecule has 110 valence electrons. The zero-order valence-electron chi connectivity index (χ0n) is 12.6. The van der Waals surface area contributed by atoms with E-state index in [1.54, 1.807) is 11.8 Å². The van der Waals surface area contributed by atoms with Crippen LogP contribution in [0.2, 0.25) is 0 Å². The second-order valence-electron chi connectivity index (χ2n) is 5.39. The minimum atomic E-state index is -0.445. The molecule has 1 aromatic carbocycles. The molecule has 20 heavy (non-hydrogen) atoms. The third-order valence-electron chi connectivity index (χ3n) is 2.41. The molecular formula is C16H23NO2S. The topological polar surface area (TPSA) is 38.3 Å². The predicted molar refractivity (Wildman–Crippen MR) is 86.1 cm³/mol. The van der Waals surface area contributed by atoms with Crippen molar-refractivity contribution in [1.29, 1.82) is 0 Å². The van der Waals surface area contributed by atoms with Crippen LogP contribution in [0.5, 0.6) is 0 Å². The zero-order valence-corrected chi connectivity index (χ0v) is 13.4. The van der Waals surface area contributed by atoms with Crippen LogP contribution in [0.25, 0.3) is 6.08 Å². The summed E-state index contributed by atoms with van der Waals surface area (Å²) in [6.45, 7) is 6.13. The number of carbonyl (C=O) groups excluding carboxylic acids is 1. The number of hydrogen-bond donors (Lipinski definition) is 1. The lowest BCUT2D eigenvalue weighted by Gasteiger charge is -2.19. The normalized spacial score (nSPS) is 11.6.